The van der Waals surface area contributed by atoms with E-state index in [4.69, 9.17) is 0 Å². The van der Waals surface area contributed by atoms with Gasteiger partial charge in [-0.15, -0.1) is 12.4 Å². The summed E-state index contributed by atoms with van der Waals surface area (Å²) in [6.07, 6.45) is -3.88. The third kappa shape index (κ3) is 5.43. The smallest absolute Gasteiger partial charge is 0.314 e. The van der Waals surface area contributed by atoms with E-state index in [9.17, 15) is 17.6 Å². The summed E-state index contributed by atoms with van der Waals surface area (Å²) in [6, 6.07) is 12.9. The maximum atomic E-state index is 13.0. The highest BCUT2D eigenvalue weighted by Gasteiger charge is 2.30. The maximum Gasteiger partial charge on any atom is 0.416 e. The van der Waals surface area contributed by atoms with Crippen molar-refractivity contribution in [1.82, 2.24) is 10.2 Å². The second-order valence-corrected chi connectivity index (χ2v) is 6.48. The topological polar surface area (TPSA) is 15.3 Å². The van der Waals surface area contributed by atoms with Crippen LogP contribution in [0.25, 0.3) is 11.1 Å². The van der Waals surface area contributed by atoms with E-state index >= 15 is 0 Å². The Morgan fingerprint density at radius 3 is 1.89 bits per heavy atom. The zero-order valence-electron chi connectivity index (χ0n) is 14.8. The number of benzene rings is 2. The lowest BCUT2D eigenvalue weighted by Gasteiger charge is -2.35. The highest BCUT2D eigenvalue weighted by molar-refractivity contribution is 5.85. The van der Waals surface area contributed by atoms with Gasteiger partial charge in [0.05, 0.1) is 12.2 Å². The van der Waals surface area contributed by atoms with Crippen LogP contribution in [-0.4, -0.2) is 37.8 Å². The molecule has 1 fully saturated rings. The number of alkyl halides is 4. The van der Waals surface area contributed by atoms with Crippen LogP contribution < -0.4 is 5.32 Å². The quantitative estimate of drug-likeness (QED) is 0.700. The lowest BCUT2D eigenvalue weighted by atomic mass is 9.97. The van der Waals surface area contributed by atoms with Gasteiger partial charge in [0.2, 0.25) is 0 Å². The molecule has 0 spiro atoms. The van der Waals surface area contributed by atoms with E-state index in [0.29, 0.717) is 6.42 Å². The maximum absolute atomic E-state index is 13.0. The minimum Gasteiger partial charge on any atom is -0.314 e. The second kappa shape index (κ2) is 9.53. The summed E-state index contributed by atoms with van der Waals surface area (Å²) in [6.45, 7) is 3.17. The molecular formula is C20H23ClF4N2. The molecule has 3 rings (SSSR count). The molecule has 1 saturated heterocycles. The van der Waals surface area contributed by atoms with Gasteiger partial charge in [-0.1, -0.05) is 36.4 Å². The summed E-state index contributed by atoms with van der Waals surface area (Å²) in [5.74, 6) is 0. The van der Waals surface area contributed by atoms with Crippen molar-refractivity contribution in [1.29, 1.82) is 0 Å². The van der Waals surface area contributed by atoms with Crippen molar-refractivity contribution in [2.24, 2.45) is 0 Å². The molecule has 0 aromatic heterocycles. The molecule has 0 unspecified atom stereocenters. The molecular weight excluding hydrogens is 380 g/mol. The normalized spacial score (nSPS) is 16.6. The molecule has 0 bridgehead atoms. The summed E-state index contributed by atoms with van der Waals surface area (Å²) in [7, 11) is 0. The third-order valence-electron chi connectivity index (χ3n) is 4.82. The van der Waals surface area contributed by atoms with Gasteiger partial charge >= 0.3 is 6.18 Å². The van der Waals surface area contributed by atoms with Crippen LogP contribution >= 0.6 is 12.4 Å². The molecule has 2 aromatic rings. The predicted octanol–water partition coefficient (Wildman–Crippen LogP) is 5.10. The SMILES string of the molecule is Cl.FCC[C@@H](c1ccc(-c2ccc(C(F)(F)F)cc2)cc1)N1CCNCC1. The first-order valence-electron chi connectivity index (χ1n) is 8.77. The third-order valence-corrected chi connectivity index (χ3v) is 4.82. The van der Waals surface area contributed by atoms with Gasteiger partial charge < -0.3 is 5.32 Å². The van der Waals surface area contributed by atoms with Gasteiger partial charge in [0, 0.05) is 32.2 Å². The number of piperazine rings is 1. The van der Waals surface area contributed by atoms with Crippen molar-refractivity contribution in [3.8, 4) is 11.1 Å². The largest absolute Gasteiger partial charge is 0.416 e. The van der Waals surface area contributed by atoms with Crippen molar-refractivity contribution in [2.75, 3.05) is 32.9 Å². The summed E-state index contributed by atoms with van der Waals surface area (Å²) in [5.41, 5.74) is 1.97. The van der Waals surface area contributed by atoms with Crippen LogP contribution in [0.4, 0.5) is 17.6 Å². The molecule has 1 aliphatic heterocycles. The Morgan fingerprint density at radius 2 is 1.41 bits per heavy atom. The Kier molecular flexibility index (Phi) is 7.65. The monoisotopic (exact) mass is 402 g/mol. The number of nitrogens with zero attached hydrogens (tertiary/aromatic N) is 1. The van der Waals surface area contributed by atoms with E-state index in [2.05, 4.69) is 10.2 Å². The molecule has 0 amide bonds. The van der Waals surface area contributed by atoms with Crippen molar-refractivity contribution in [3.05, 3.63) is 59.7 Å². The summed E-state index contributed by atoms with van der Waals surface area (Å²) < 4.78 is 51.0. The standard InChI is InChI=1S/C20H22F4N2.ClH/c21-10-9-19(26-13-11-25-12-14-26)17-3-1-15(2-4-17)16-5-7-18(8-6-16)20(22,23)24;/h1-8,19,25H,9-14H2;1H/t19-;/m0./s1. The van der Waals surface area contributed by atoms with Crippen molar-refractivity contribution >= 4 is 12.4 Å². The minimum absolute atomic E-state index is 0. The fraction of sp³-hybridized carbons (Fsp3) is 0.400. The molecule has 148 valence electrons. The van der Waals surface area contributed by atoms with Gasteiger partial charge in [0.1, 0.15) is 0 Å². The van der Waals surface area contributed by atoms with Crippen LogP contribution in [0.1, 0.15) is 23.6 Å². The van der Waals surface area contributed by atoms with Gasteiger partial charge in [0.25, 0.3) is 0 Å². The Morgan fingerprint density at radius 1 is 0.889 bits per heavy atom. The highest BCUT2D eigenvalue weighted by Crippen LogP contribution is 2.32. The fourth-order valence-corrected chi connectivity index (χ4v) is 3.41. The number of hydrogen-bond acceptors (Lipinski definition) is 2. The van der Waals surface area contributed by atoms with Crippen LogP contribution in [-0.2, 0) is 6.18 Å². The number of nitrogens with one attached hydrogen (secondary N) is 1. The van der Waals surface area contributed by atoms with E-state index in [0.717, 1.165) is 55.0 Å². The Hall–Kier alpha value is -1.63. The number of halogens is 5. The Labute approximate surface area is 163 Å². The van der Waals surface area contributed by atoms with E-state index in [1.165, 1.54) is 12.1 Å². The lowest BCUT2D eigenvalue weighted by Crippen LogP contribution is -2.45. The van der Waals surface area contributed by atoms with Crippen LogP contribution in [0.15, 0.2) is 48.5 Å². The highest BCUT2D eigenvalue weighted by atomic mass is 35.5. The first kappa shape index (κ1) is 21.7. The van der Waals surface area contributed by atoms with Crippen LogP contribution in [0.5, 0.6) is 0 Å². The molecule has 1 heterocycles. The average molecular weight is 403 g/mol. The fourth-order valence-electron chi connectivity index (χ4n) is 3.41. The summed E-state index contributed by atoms with van der Waals surface area (Å²) in [5, 5.41) is 3.29. The van der Waals surface area contributed by atoms with Crippen molar-refractivity contribution in [2.45, 2.75) is 18.6 Å². The van der Waals surface area contributed by atoms with E-state index in [1.54, 1.807) is 0 Å². The molecule has 27 heavy (non-hydrogen) atoms. The average Bonchev–Trinajstić information content (AvgIpc) is 2.66. The molecule has 2 nitrogen and oxygen atoms in total. The summed E-state index contributed by atoms with van der Waals surface area (Å²) >= 11 is 0. The van der Waals surface area contributed by atoms with Crippen LogP contribution in [0, 0.1) is 0 Å². The van der Waals surface area contributed by atoms with Crippen molar-refractivity contribution in [3.63, 3.8) is 0 Å². The summed E-state index contributed by atoms with van der Waals surface area (Å²) in [4.78, 5) is 2.28. The molecule has 0 aliphatic carbocycles. The Bertz CT molecular complexity index is 695. The first-order valence-corrected chi connectivity index (χ1v) is 8.77. The van der Waals surface area contributed by atoms with Crippen LogP contribution in [0.2, 0.25) is 0 Å². The molecule has 1 N–H and O–H groups in total. The Balaban J connectivity index is 0.00000261. The molecule has 1 atom stereocenters. The zero-order chi connectivity index (χ0) is 18.6. The first-order chi connectivity index (χ1) is 12.5. The predicted molar refractivity (Wildman–Crippen MR) is 102 cm³/mol. The van der Waals surface area contributed by atoms with Gasteiger partial charge in [-0.05, 0) is 35.2 Å². The van der Waals surface area contributed by atoms with E-state index in [1.807, 2.05) is 24.3 Å². The minimum atomic E-state index is -4.33. The molecule has 0 radical (unpaired) electrons. The lowest BCUT2D eigenvalue weighted by molar-refractivity contribution is -0.137. The molecule has 2 aromatic carbocycles. The van der Waals surface area contributed by atoms with Gasteiger partial charge in [0.15, 0.2) is 0 Å². The zero-order valence-corrected chi connectivity index (χ0v) is 15.6. The molecule has 7 heteroatoms. The van der Waals surface area contributed by atoms with E-state index < -0.39 is 11.7 Å². The van der Waals surface area contributed by atoms with E-state index in [-0.39, 0.29) is 25.1 Å². The molecule has 1 aliphatic rings. The van der Waals surface area contributed by atoms with Gasteiger partial charge in [-0.3, -0.25) is 9.29 Å². The van der Waals surface area contributed by atoms with Gasteiger partial charge in [-0.25, -0.2) is 0 Å². The molecule has 0 saturated carbocycles. The van der Waals surface area contributed by atoms with Crippen LogP contribution in [0.3, 0.4) is 0 Å². The van der Waals surface area contributed by atoms with Gasteiger partial charge in [-0.2, -0.15) is 13.2 Å². The number of hydrogen-bond donors (Lipinski definition) is 1. The number of rotatable bonds is 5. The van der Waals surface area contributed by atoms with Crippen molar-refractivity contribution < 1.29 is 17.6 Å². The second-order valence-electron chi connectivity index (χ2n) is 6.48.